The van der Waals surface area contributed by atoms with E-state index in [1.807, 2.05) is 0 Å². The molecule has 1 aliphatic rings. The lowest BCUT2D eigenvalue weighted by Gasteiger charge is -2.09. The lowest BCUT2D eigenvalue weighted by molar-refractivity contribution is 0.240. The summed E-state index contributed by atoms with van der Waals surface area (Å²) >= 11 is 0. The van der Waals surface area contributed by atoms with Crippen LogP contribution in [-0.4, -0.2) is 28.4 Å². The molecule has 29 heavy (non-hydrogen) atoms. The predicted molar refractivity (Wildman–Crippen MR) is 116 cm³/mol. The number of amides is 2. The molecule has 4 N–H and O–H groups in total. The molecule has 0 radical (unpaired) electrons. The number of rotatable bonds is 7. The monoisotopic (exact) mass is 405 g/mol. The van der Waals surface area contributed by atoms with Gasteiger partial charge in [0.1, 0.15) is 5.82 Å². The smallest absolute Gasteiger partial charge is 0.315 e. The van der Waals surface area contributed by atoms with Crippen LogP contribution in [0.25, 0.3) is 5.69 Å². The third-order valence-corrected chi connectivity index (χ3v) is 3.97. The minimum Gasteiger partial charge on any atom is -0.335 e. The van der Waals surface area contributed by atoms with E-state index in [4.69, 9.17) is 5.73 Å². The number of unbranched alkanes of at least 4 members (excludes halogenated alkanes) is 2. The molecule has 3 rings (SSSR count). The molecule has 2 amide bonds. The lowest BCUT2D eigenvalue weighted by Crippen LogP contribution is -2.36. The van der Waals surface area contributed by atoms with E-state index in [2.05, 4.69) is 36.5 Å². The van der Waals surface area contributed by atoms with Crippen LogP contribution in [0.2, 0.25) is 0 Å². The van der Waals surface area contributed by atoms with Crippen LogP contribution >= 0.6 is 0 Å². The highest BCUT2D eigenvalue weighted by Gasteiger charge is 2.23. The van der Waals surface area contributed by atoms with Crippen molar-refractivity contribution in [1.82, 2.24) is 20.4 Å². The Kier molecular flexibility index (Phi) is 12.4. The van der Waals surface area contributed by atoms with Crippen molar-refractivity contribution >= 4 is 6.03 Å². The molecule has 162 valence electrons. The Morgan fingerprint density at radius 1 is 1.28 bits per heavy atom. The van der Waals surface area contributed by atoms with Crippen molar-refractivity contribution < 1.29 is 9.18 Å². The van der Waals surface area contributed by atoms with Gasteiger partial charge in [-0.05, 0) is 44.0 Å². The molecule has 1 saturated carbocycles. The molecule has 1 fully saturated rings. The highest BCUT2D eigenvalue weighted by atomic mass is 19.1. The predicted octanol–water partition coefficient (Wildman–Crippen LogP) is 4.52. The molecule has 1 aliphatic carbocycles. The number of nitrogens with two attached hydrogens (primary N) is 1. The fraction of sp³-hybridized carbons (Fsp3) is 0.545. The summed E-state index contributed by atoms with van der Waals surface area (Å²) in [6.45, 7) is 7.45. The van der Waals surface area contributed by atoms with Gasteiger partial charge in [0, 0.05) is 30.5 Å². The molecule has 0 bridgehead atoms. The fourth-order valence-electron chi connectivity index (χ4n) is 2.28. The molecule has 7 heteroatoms. The summed E-state index contributed by atoms with van der Waals surface area (Å²) in [5.74, 6) is -0.357. The number of carbonyl (C=O) groups is 1. The van der Waals surface area contributed by atoms with Crippen LogP contribution in [0.15, 0.2) is 36.7 Å². The highest BCUT2D eigenvalue weighted by Crippen LogP contribution is 2.18. The summed E-state index contributed by atoms with van der Waals surface area (Å²) in [5, 5.41) is 9.48. The molecule has 1 aromatic heterocycles. The van der Waals surface area contributed by atoms with Crippen molar-refractivity contribution in [3.8, 4) is 5.69 Å². The number of hydrogen-bond donors (Lipinski definition) is 3. The highest BCUT2D eigenvalue weighted by molar-refractivity contribution is 5.74. The largest absolute Gasteiger partial charge is 0.335 e. The van der Waals surface area contributed by atoms with Crippen LogP contribution < -0.4 is 16.4 Å². The normalized spacial score (nSPS) is 12.2. The second-order valence-electron chi connectivity index (χ2n) is 7.03. The number of benzene rings is 1. The second kappa shape index (κ2) is 14.6. The van der Waals surface area contributed by atoms with Gasteiger partial charge in [-0.3, -0.25) is 0 Å². The lowest BCUT2D eigenvalue weighted by atomic mass is 10.2. The van der Waals surface area contributed by atoms with Gasteiger partial charge in [0.2, 0.25) is 0 Å². The summed E-state index contributed by atoms with van der Waals surface area (Å²) < 4.78 is 15.5. The van der Waals surface area contributed by atoms with Gasteiger partial charge in [0.05, 0.1) is 5.69 Å². The number of aromatic nitrogens is 2. The molecule has 2 aromatic rings. The zero-order valence-electron chi connectivity index (χ0n) is 18.0. The number of urea groups is 1. The quantitative estimate of drug-likeness (QED) is 0.592. The topological polar surface area (TPSA) is 85.0 Å². The molecule has 6 nitrogen and oxygen atoms in total. The van der Waals surface area contributed by atoms with E-state index in [9.17, 15) is 9.18 Å². The third-order valence-electron chi connectivity index (χ3n) is 3.97. The Hall–Kier alpha value is -2.41. The zero-order valence-corrected chi connectivity index (χ0v) is 18.0. The van der Waals surface area contributed by atoms with E-state index in [-0.39, 0.29) is 18.4 Å². The Bertz CT molecular complexity index is 683. The van der Waals surface area contributed by atoms with E-state index in [0.29, 0.717) is 17.3 Å². The van der Waals surface area contributed by atoms with E-state index in [0.717, 1.165) is 19.4 Å². The fourth-order valence-corrected chi connectivity index (χ4v) is 2.28. The van der Waals surface area contributed by atoms with Crippen molar-refractivity contribution in [1.29, 1.82) is 0 Å². The average molecular weight is 406 g/mol. The maximum absolute atomic E-state index is 14.0. The van der Waals surface area contributed by atoms with Crippen molar-refractivity contribution in [3.05, 3.63) is 48.0 Å². The van der Waals surface area contributed by atoms with Crippen LogP contribution in [0.4, 0.5) is 9.18 Å². The summed E-state index contributed by atoms with van der Waals surface area (Å²) in [6, 6.07) is 6.65. The summed E-state index contributed by atoms with van der Waals surface area (Å²) in [5.41, 5.74) is 6.32. The second-order valence-corrected chi connectivity index (χ2v) is 7.03. The maximum atomic E-state index is 14.0. The molecule has 0 saturated heterocycles. The SMILES string of the molecule is CCC.CCCCCN.O=C(NCc1ccc(-n2cccn2)cc1F)NC1CC1. The minimum absolute atomic E-state index is 0.170. The van der Waals surface area contributed by atoms with Crippen molar-refractivity contribution in [2.75, 3.05) is 6.54 Å². The summed E-state index contributed by atoms with van der Waals surface area (Å²) in [6.07, 6.45) is 10.4. The van der Waals surface area contributed by atoms with Crippen LogP contribution in [0.1, 0.15) is 64.9 Å². The summed E-state index contributed by atoms with van der Waals surface area (Å²) in [4.78, 5) is 11.5. The standard InChI is InChI=1S/C14H15FN4O.C5H13N.C3H8/c15-13-8-12(19-7-1-6-17-19)5-2-10(13)9-16-14(20)18-11-3-4-11;1-2-3-4-5-6;1-3-2/h1-2,5-8,11H,3-4,9H2,(H2,16,18,20);2-6H2,1H3;3H2,1-2H3. The Balaban J connectivity index is 0.000000397. The number of hydrogen-bond acceptors (Lipinski definition) is 3. The number of nitrogens with one attached hydrogen (secondary N) is 2. The van der Waals surface area contributed by atoms with Crippen LogP contribution in [0, 0.1) is 5.82 Å². The van der Waals surface area contributed by atoms with Gasteiger partial charge < -0.3 is 16.4 Å². The number of carbonyl (C=O) groups excluding carboxylic acids is 1. The van der Waals surface area contributed by atoms with E-state index in [1.165, 1.54) is 31.7 Å². The molecule has 1 heterocycles. The number of halogens is 1. The van der Waals surface area contributed by atoms with Crippen LogP contribution in [-0.2, 0) is 6.54 Å². The van der Waals surface area contributed by atoms with Crippen LogP contribution in [0.3, 0.4) is 0 Å². The first kappa shape index (κ1) is 24.6. The van der Waals surface area contributed by atoms with Crippen molar-refractivity contribution in [2.45, 2.75) is 71.9 Å². The number of nitrogens with zero attached hydrogens (tertiary/aromatic N) is 2. The van der Waals surface area contributed by atoms with Crippen molar-refractivity contribution in [3.63, 3.8) is 0 Å². The Morgan fingerprint density at radius 3 is 2.48 bits per heavy atom. The first-order valence-corrected chi connectivity index (χ1v) is 10.6. The first-order valence-electron chi connectivity index (χ1n) is 10.6. The molecule has 0 unspecified atom stereocenters. The van der Waals surface area contributed by atoms with Gasteiger partial charge in [0.25, 0.3) is 0 Å². The zero-order chi connectivity index (χ0) is 21.5. The Labute approximate surface area is 174 Å². The molecule has 0 spiro atoms. The van der Waals surface area contributed by atoms with Gasteiger partial charge in [-0.15, -0.1) is 0 Å². The molecular weight excluding hydrogens is 369 g/mol. The molecule has 0 atom stereocenters. The average Bonchev–Trinajstić information content (AvgIpc) is 3.34. The van der Waals surface area contributed by atoms with Gasteiger partial charge >= 0.3 is 6.03 Å². The third kappa shape index (κ3) is 10.6. The van der Waals surface area contributed by atoms with Crippen molar-refractivity contribution in [2.24, 2.45) is 5.73 Å². The molecule has 0 aliphatic heterocycles. The van der Waals surface area contributed by atoms with Gasteiger partial charge in [-0.1, -0.05) is 46.1 Å². The van der Waals surface area contributed by atoms with Gasteiger partial charge in [-0.25, -0.2) is 13.9 Å². The minimum atomic E-state index is -0.357. The van der Waals surface area contributed by atoms with Crippen LogP contribution in [0.5, 0.6) is 0 Å². The van der Waals surface area contributed by atoms with E-state index >= 15 is 0 Å². The van der Waals surface area contributed by atoms with Gasteiger partial charge in [-0.2, -0.15) is 5.10 Å². The maximum Gasteiger partial charge on any atom is 0.315 e. The molecule has 1 aromatic carbocycles. The molecular formula is C22H36FN5O. The van der Waals surface area contributed by atoms with Gasteiger partial charge in [0.15, 0.2) is 0 Å². The Morgan fingerprint density at radius 2 is 2.00 bits per heavy atom. The van der Waals surface area contributed by atoms with E-state index < -0.39 is 0 Å². The van der Waals surface area contributed by atoms with E-state index in [1.54, 1.807) is 35.3 Å². The first-order chi connectivity index (χ1) is 14.0. The summed E-state index contributed by atoms with van der Waals surface area (Å²) in [7, 11) is 0.